The minimum absolute atomic E-state index is 0.0199. The van der Waals surface area contributed by atoms with Gasteiger partial charge in [0, 0.05) is 30.9 Å². The molecule has 1 aliphatic heterocycles. The average molecular weight is 501 g/mol. The third-order valence-corrected chi connectivity index (χ3v) is 6.59. The summed E-state index contributed by atoms with van der Waals surface area (Å²) in [6, 6.07) is 18.3. The minimum atomic E-state index is -1.03. The number of ether oxygens (including phenoxy) is 1. The van der Waals surface area contributed by atoms with Crippen molar-refractivity contribution in [3.05, 3.63) is 71.8 Å². The monoisotopic (exact) mass is 500 g/mol. The number of rotatable bonds is 9. The van der Waals surface area contributed by atoms with E-state index in [0.29, 0.717) is 17.0 Å². The normalized spacial score (nSPS) is 14.3. The average Bonchev–Trinajstić information content (AvgIpc) is 2.91. The van der Waals surface area contributed by atoms with E-state index in [-0.39, 0.29) is 18.5 Å². The Morgan fingerprint density at radius 3 is 2.35 bits per heavy atom. The number of benzene rings is 3. The second kappa shape index (κ2) is 11.7. The van der Waals surface area contributed by atoms with Gasteiger partial charge in [0.25, 0.3) is 0 Å². The van der Waals surface area contributed by atoms with E-state index in [1.165, 1.54) is 11.1 Å². The van der Waals surface area contributed by atoms with Gasteiger partial charge in [0.2, 0.25) is 0 Å². The van der Waals surface area contributed by atoms with Crippen LogP contribution in [0.25, 0.3) is 10.8 Å². The van der Waals surface area contributed by atoms with Crippen LogP contribution in [-0.2, 0) is 16.1 Å². The molecule has 2 amide bonds. The van der Waals surface area contributed by atoms with Crippen molar-refractivity contribution in [1.29, 1.82) is 10.8 Å². The van der Waals surface area contributed by atoms with Crippen LogP contribution in [0, 0.1) is 10.8 Å². The van der Waals surface area contributed by atoms with Crippen LogP contribution in [0.3, 0.4) is 0 Å². The number of anilines is 1. The number of nitrogens with two attached hydrogens (primary N) is 2. The Morgan fingerprint density at radius 2 is 1.70 bits per heavy atom. The Hall–Kier alpha value is -4.24. The van der Waals surface area contributed by atoms with Crippen molar-refractivity contribution >= 4 is 40.3 Å². The molecule has 0 atom stereocenters. The standard InChI is InChI=1S/C28H32N6O3/c29-12-1-13-33-14-10-25(11-15-33)37-24-8-6-23(7-9-24)34(28(36)27(32)35)18-19-2-3-20-4-5-21(26(30)31)17-22(20)16-19/h2-9,12,16-17,25,29H,1,10-11,13-15,18H2,(H3,30,31)(H2,32,35). The first-order valence-electron chi connectivity index (χ1n) is 12.3. The molecule has 0 unspecified atom stereocenters. The van der Waals surface area contributed by atoms with Crippen LogP contribution >= 0.6 is 0 Å². The molecule has 4 rings (SSSR count). The topological polar surface area (TPSA) is 150 Å². The van der Waals surface area contributed by atoms with E-state index < -0.39 is 11.8 Å². The molecule has 3 aromatic rings. The molecule has 1 heterocycles. The summed E-state index contributed by atoms with van der Waals surface area (Å²) in [5.74, 6) is -1.15. The Kier molecular flexibility index (Phi) is 8.15. The highest BCUT2D eigenvalue weighted by Gasteiger charge is 2.23. The summed E-state index contributed by atoms with van der Waals surface area (Å²) in [6.07, 6.45) is 4.16. The van der Waals surface area contributed by atoms with Crippen molar-refractivity contribution in [2.75, 3.05) is 24.5 Å². The Balaban J connectivity index is 1.47. The van der Waals surface area contributed by atoms with E-state index in [9.17, 15) is 9.59 Å². The second-order valence-electron chi connectivity index (χ2n) is 9.21. The lowest BCUT2D eigenvalue weighted by Gasteiger charge is -2.32. The molecule has 6 N–H and O–H groups in total. The number of carbonyl (C=O) groups is 2. The number of nitrogens with zero attached hydrogens (tertiary/aromatic N) is 2. The van der Waals surface area contributed by atoms with E-state index in [1.54, 1.807) is 30.3 Å². The Labute approximate surface area is 216 Å². The van der Waals surface area contributed by atoms with Crippen molar-refractivity contribution in [2.24, 2.45) is 11.5 Å². The first kappa shape index (κ1) is 25.8. The summed E-state index contributed by atoms with van der Waals surface area (Å²) in [5.41, 5.74) is 12.9. The maximum atomic E-state index is 12.7. The fourth-order valence-electron chi connectivity index (χ4n) is 4.55. The highest BCUT2D eigenvalue weighted by molar-refractivity contribution is 6.39. The van der Waals surface area contributed by atoms with Crippen molar-refractivity contribution < 1.29 is 14.3 Å². The number of nitrogens with one attached hydrogen (secondary N) is 2. The molecule has 37 heavy (non-hydrogen) atoms. The third-order valence-electron chi connectivity index (χ3n) is 6.59. The van der Waals surface area contributed by atoms with Crippen LogP contribution in [0.5, 0.6) is 5.75 Å². The molecule has 1 saturated heterocycles. The molecule has 0 saturated carbocycles. The molecule has 0 aliphatic carbocycles. The first-order chi connectivity index (χ1) is 17.8. The lowest BCUT2D eigenvalue weighted by molar-refractivity contribution is -0.135. The number of hydrogen-bond donors (Lipinski definition) is 4. The van der Waals surface area contributed by atoms with Crippen LogP contribution in [0.1, 0.15) is 30.4 Å². The van der Waals surface area contributed by atoms with E-state index in [2.05, 4.69) is 4.90 Å². The zero-order valence-electron chi connectivity index (χ0n) is 20.7. The first-order valence-corrected chi connectivity index (χ1v) is 12.3. The molecule has 9 nitrogen and oxygen atoms in total. The molecule has 3 aromatic carbocycles. The summed E-state index contributed by atoms with van der Waals surface area (Å²) in [6.45, 7) is 2.94. The predicted octanol–water partition coefficient (Wildman–Crippen LogP) is 3.03. The van der Waals surface area contributed by atoms with Crippen LogP contribution in [0.2, 0.25) is 0 Å². The number of hydrogen-bond acceptors (Lipinski definition) is 6. The second-order valence-corrected chi connectivity index (χ2v) is 9.21. The molecule has 1 fully saturated rings. The lowest BCUT2D eigenvalue weighted by Crippen LogP contribution is -2.40. The molecular formula is C28H32N6O3. The van der Waals surface area contributed by atoms with Gasteiger partial charge in [-0.3, -0.25) is 19.9 Å². The summed E-state index contributed by atoms with van der Waals surface area (Å²) in [5, 5.41) is 16.7. The summed E-state index contributed by atoms with van der Waals surface area (Å²) in [7, 11) is 0. The molecule has 1 aliphatic rings. The number of piperidine rings is 1. The van der Waals surface area contributed by atoms with Crippen LogP contribution < -0.4 is 21.1 Å². The van der Waals surface area contributed by atoms with Crippen molar-refractivity contribution in [3.63, 3.8) is 0 Å². The third kappa shape index (κ3) is 6.50. The van der Waals surface area contributed by atoms with Crippen LogP contribution in [0.4, 0.5) is 5.69 Å². The Bertz CT molecular complexity index is 1300. The lowest BCUT2D eigenvalue weighted by atomic mass is 10.0. The van der Waals surface area contributed by atoms with E-state index in [1.807, 2.05) is 30.3 Å². The van der Waals surface area contributed by atoms with Crippen molar-refractivity contribution in [3.8, 4) is 5.75 Å². The van der Waals surface area contributed by atoms with Gasteiger partial charge in [-0.2, -0.15) is 0 Å². The highest BCUT2D eigenvalue weighted by atomic mass is 16.5. The number of amides is 2. The van der Waals surface area contributed by atoms with Gasteiger partial charge in [-0.05, 0) is 78.2 Å². The molecule has 0 bridgehead atoms. The smallest absolute Gasteiger partial charge is 0.316 e. The number of likely N-dealkylation sites (tertiary alicyclic amines) is 1. The van der Waals surface area contributed by atoms with Crippen LogP contribution in [0.15, 0.2) is 60.7 Å². The van der Waals surface area contributed by atoms with Gasteiger partial charge in [0.05, 0.1) is 6.54 Å². The summed E-state index contributed by atoms with van der Waals surface area (Å²) < 4.78 is 6.15. The van der Waals surface area contributed by atoms with Gasteiger partial charge in [-0.25, -0.2) is 0 Å². The number of fused-ring (bicyclic) bond motifs is 1. The molecular weight excluding hydrogens is 468 g/mol. The quantitative estimate of drug-likeness (QED) is 0.202. The maximum Gasteiger partial charge on any atom is 0.316 e. The summed E-state index contributed by atoms with van der Waals surface area (Å²) >= 11 is 0. The van der Waals surface area contributed by atoms with Gasteiger partial charge >= 0.3 is 11.8 Å². The van der Waals surface area contributed by atoms with Crippen molar-refractivity contribution in [2.45, 2.75) is 31.9 Å². The number of primary amides is 1. The van der Waals surface area contributed by atoms with Gasteiger partial charge in [-0.1, -0.05) is 24.3 Å². The van der Waals surface area contributed by atoms with Crippen molar-refractivity contribution in [1.82, 2.24) is 4.90 Å². The minimum Gasteiger partial charge on any atom is -0.490 e. The molecule has 9 heteroatoms. The van der Waals surface area contributed by atoms with E-state index in [4.69, 9.17) is 27.0 Å². The Morgan fingerprint density at radius 1 is 1.00 bits per heavy atom. The molecule has 0 radical (unpaired) electrons. The molecule has 0 aromatic heterocycles. The summed E-state index contributed by atoms with van der Waals surface area (Å²) in [4.78, 5) is 28.2. The largest absolute Gasteiger partial charge is 0.490 e. The van der Waals surface area contributed by atoms with E-state index >= 15 is 0 Å². The number of amidine groups is 1. The fourth-order valence-corrected chi connectivity index (χ4v) is 4.55. The van der Waals surface area contributed by atoms with Gasteiger partial charge in [-0.15, -0.1) is 0 Å². The zero-order chi connectivity index (χ0) is 26.4. The number of carbonyl (C=O) groups excluding carboxylic acids is 2. The SMILES string of the molecule is N=CCCN1CCC(Oc2ccc(N(Cc3ccc4ccc(C(=N)N)cc4c3)C(=O)C(N)=O)cc2)CC1. The maximum absolute atomic E-state index is 12.7. The fraction of sp³-hybridized carbons (Fsp3) is 0.286. The van der Waals surface area contributed by atoms with E-state index in [0.717, 1.165) is 55.2 Å². The molecule has 192 valence electrons. The molecule has 0 spiro atoms. The number of nitrogen functional groups attached to an aromatic ring is 1. The van der Waals surface area contributed by atoms with Gasteiger partial charge in [0.1, 0.15) is 17.7 Å². The van der Waals surface area contributed by atoms with Crippen LogP contribution in [-0.4, -0.2) is 54.5 Å². The van der Waals surface area contributed by atoms with Gasteiger partial charge < -0.3 is 26.5 Å². The highest BCUT2D eigenvalue weighted by Crippen LogP contribution is 2.26. The predicted molar refractivity (Wildman–Crippen MR) is 145 cm³/mol. The zero-order valence-corrected chi connectivity index (χ0v) is 20.7. The van der Waals surface area contributed by atoms with Gasteiger partial charge in [0.15, 0.2) is 0 Å².